The van der Waals surface area contributed by atoms with E-state index in [2.05, 4.69) is 22.0 Å². The average molecular weight is 347 g/mol. The van der Waals surface area contributed by atoms with Crippen molar-refractivity contribution in [1.29, 1.82) is 0 Å². The lowest BCUT2D eigenvalue weighted by molar-refractivity contribution is -0.138. The maximum Gasteiger partial charge on any atom is 0.223 e. The first-order valence-electron chi connectivity index (χ1n) is 9.19. The van der Waals surface area contributed by atoms with Crippen molar-refractivity contribution in [3.05, 3.63) is 29.6 Å². The fraction of sp³-hybridized carbons (Fsp3) is 0.684. The minimum Gasteiger partial charge on any atom is -0.381 e. The molecule has 2 fully saturated rings. The maximum absolute atomic E-state index is 12.6. The third-order valence-electron chi connectivity index (χ3n) is 5.18. The number of morpholine rings is 1. The predicted molar refractivity (Wildman–Crippen MR) is 95.2 cm³/mol. The molecule has 1 amide bonds. The number of likely N-dealkylation sites (tertiary alicyclic amines) is 1. The van der Waals surface area contributed by atoms with Gasteiger partial charge in [0.05, 0.1) is 25.0 Å². The topological polar surface area (TPSA) is 54.9 Å². The molecule has 2 aliphatic rings. The van der Waals surface area contributed by atoms with Gasteiger partial charge in [0, 0.05) is 57.9 Å². The quantitative estimate of drug-likeness (QED) is 0.807. The largest absolute Gasteiger partial charge is 0.381 e. The number of amides is 1. The standard InChI is InChI=1S/C19H29N3O3/c1-15-4-3-5-17(20-15)14-21-7-6-18(24-2)16(13-21)12-19(23)22-8-10-25-11-9-22/h3-5,16,18H,6-14H2,1-2H3/t16-,18-/m1/s1. The summed E-state index contributed by atoms with van der Waals surface area (Å²) < 4.78 is 11.0. The first-order chi connectivity index (χ1) is 12.2. The Balaban J connectivity index is 1.59. The molecular formula is C19H29N3O3. The summed E-state index contributed by atoms with van der Waals surface area (Å²) in [5.74, 6) is 0.463. The molecule has 0 bridgehead atoms. The molecule has 2 aliphatic heterocycles. The van der Waals surface area contributed by atoms with Crippen LogP contribution in [0.3, 0.4) is 0 Å². The highest BCUT2D eigenvalue weighted by molar-refractivity contribution is 5.76. The van der Waals surface area contributed by atoms with E-state index in [-0.39, 0.29) is 17.9 Å². The normalized spacial score (nSPS) is 25.1. The fourth-order valence-electron chi connectivity index (χ4n) is 3.82. The van der Waals surface area contributed by atoms with Crippen molar-refractivity contribution in [3.63, 3.8) is 0 Å². The highest BCUT2D eigenvalue weighted by Crippen LogP contribution is 2.25. The number of aromatic nitrogens is 1. The molecule has 0 saturated carbocycles. The van der Waals surface area contributed by atoms with Crippen molar-refractivity contribution in [3.8, 4) is 0 Å². The third kappa shape index (κ3) is 5.00. The average Bonchev–Trinajstić information content (AvgIpc) is 2.63. The molecule has 0 radical (unpaired) electrons. The van der Waals surface area contributed by atoms with Crippen LogP contribution in [0.5, 0.6) is 0 Å². The van der Waals surface area contributed by atoms with Crippen LogP contribution < -0.4 is 0 Å². The number of hydrogen-bond acceptors (Lipinski definition) is 5. The van der Waals surface area contributed by atoms with Crippen LogP contribution in [0.15, 0.2) is 18.2 Å². The molecular weight excluding hydrogens is 318 g/mol. The lowest BCUT2D eigenvalue weighted by atomic mass is 9.90. The van der Waals surface area contributed by atoms with Crippen LogP contribution in [-0.2, 0) is 20.8 Å². The Morgan fingerprint density at radius 2 is 2.12 bits per heavy atom. The van der Waals surface area contributed by atoms with Gasteiger partial charge in [-0.3, -0.25) is 14.7 Å². The molecule has 3 rings (SSSR count). The van der Waals surface area contributed by atoms with Gasteiger partial charge in [0.2, 0.25) is 5.91 Å². The van der Waals surface area contributed by atoms with Crippen molar-refractivity contribution in [2.24, 2.45) is 5.92 Å². The molecule has 0 spiro atoms. The molecule has 6 heteroatoms. The van der Waals surface area contributed by atoms with Gasteiger partial charge in [-0.25, -0.2) is 0 Å². The van der Waals surface area contributed by atoms with E-state index in [1.165, 1.54) is 0 Å². The Morgan fingerprint density at radius 3 is 2.84 bits per heavy atom. The number of piperidine rings is 1. The zero-order valence-electron chi connectivity index (χ0n) is 15.3. The van der Waals surface area contributed by atoms with Crippen molar-refractivity contribution < 1.29 is 14.3 Å². The molecule has 25 heavy (non-hydrogen) atoms. The first kappa shape index (κ1) is 18.3. The van der Waals surface area contributed by atoms with Crippen LogP contribution in [-0.4, -0.2) is 73.3 Å². The van der Waals surface area contributed by atoms with E-state index in [9.17, 15) is 4.79 Å². The molecule has 0 aliphatic carbocycles. The molecule has 0 unspecified atom stereocenters. The minimum absolute atomic E-state index is 0.159. The van der Waals surface area contributed by atoms with Gasteiger partial charge in [-0.15, -0.1) is 0 Å². The highest BCUT2D eigenvalue weighted by Gasteiger charge is 2.32. The second-order valence-electron chi connectivity index (χ2n) is 7.03. The van der Waals surface area contributed by atoms with Gasteiger partial charge in [0.25, 0.3) is 0 Å². The van der Waals surface area contributed by atoms with Gasteiger partial charge in [0.1, 0.15) is 0 Å². The van der Waals surface area contributed by atoms with Gasteiger partial charge in [-0.05, 0) is 25.5 Å². The molecule has 6 nitrogen and oxygen atoms in total. The van der Waals surface area contributed by atoms with Gasteiger partial charge in [-0.1, -0.05) is 6.07 Å². The third-order valence-corrected chi connectivity index (χ3v) is 5.18. The summed E-state index contributed by atoms with van der Waals surface area (Å²) in [4.78, 5) is 21.6. The lowest BCUT2D eigenvalue weighted by Crippen LogP contribution is -2.47. The number of nitrogens with zero attached hydrogens (tertiary/aromatic N) is 3. The Kier molecular flexibility index (Phi) is 6.39. The minimum atomic E-state index is 0.159. The Morgan fingerprint density at radius 1 is 1.32 bits per heavy atom. The van der Waals surface area contributed by atoms with Crippen molar-refractivity contribution in [1.82, 2.24) is 14.8 Å². The number of pyridine rings is 1. The Bertz CT molecular complexity index is 575. The number of aryl methyl sites for hydroxylation is 1. The van der Waals surface area contributed by atoms with Crippen molar-refractivity contribution in [2.75, 3.05) is 46.5 Å². The maximum atomic E-state index is 12.6. The molecule has 2 saturated heterocycles. The van der Waals surface area contributed by atoms with Crippen LogP contribution in [0.4, 0.5) is 0 Å². The summed E-state index contributed by atoms with van der Waals surface area (Å²) in [5, 5.41) is 0. The second kappa shape index (κ2) is 8.74. The zero-order chi connectivity index (χ0) is 17.6. The fourth-order valence-corrected chi connectivity index (χ4v) is 3.82. The highest BCUT2D eigenvalue weighted by atomic mass is 16.5. The van der Waals surface area contributed by atoms with Crippen LogP contribution in [0.1, 0.15) is 24.2 Å². The zero-order valence-corrected chi connectivity index (χ0v) is 15.3. The number of ether oxygens (including phenoxy) is 2. The Labute approximate surface area is 150 Å². The van der Waals surface area contributed by atoms with Gasteiger partial charge in [0.15, 0.2) is 0 Å². The second-order valence-corrected chi connectivity index (χ2v) is 7.03. The van der Waals surface area contributed by atoms with Crippen LogP contribution in [0.2, 0.25) is 0 Å². The van der Waals surface area contributed by atoms with Crippen molar-refractivity contribution in [2.45, 2.75) is 32.4 Å². The molecule has 138 valence electrons. The summed E-state index contributed by atoms with van der Waals surface area (Å²) in [6.45, 7) is 7.43. The number of carbonyl (C=O) groups excluding carboxylic acids is 1. The molecule has 2 atom stereocenters. The smallest absolute Gasteiger partial charge is 0.223 e. The summed E-state index contributed by atoms with van der Waals surface area (Å²) >= 11 is 0. The van der Waals surface area contributed by atoms with E-state index < -0.39 is 0 Å². The van der Waals surface area contributed by atoms with Crippen LogP contribution in [0, 0.1) is 12.8 Å². The molecule has 0 aromatic carbocycles. The van der Waals surface area contributed by atoms with Gasteiger partial charge in [-0.2, -0.15) is 0 Å². The molecule has 1 aromatic rings. The monoisotopic (exact) mass is 347 g/mol. The lowest BCUT2D eigenvalue weighted by Gasteiger charge is -2.38. The van der Waals surface area contributed by atoms with E-state index in [4.69, 9.17) is 9.47 Å². The Hall–Kier alpha value is -1.50. The van der Waals surface area contributed by atoms with Gasteiger partial charge < -0.3 is 14.4 Å². The van der Waals surface area contributed by atoms with E-state index >= 15 is 0 Å². The number of hydrogen-bond donors (Lipinski definition) is 0. The van der Waals surface area contributed by atoms with E-state index in [1.807, 2.05) is 17.9 Å². The summed E-state index contributed by atoms with van der Waals surface area (Å²) in [6.07, 6.45) is 1.67. The molecule has 0 N–H and O–H groups in total. The predicted octanol–water partition coefficient (Wildman–Crippen LogP) is 1.48. The summed E-state index contributed by atoms with van der Waals surface area (Å²) in [7, 11) is 1.76. The van der Waals surface area contributed by atoms with E-state index in [0.29, 0.717) is 32.7 Å². The summed E-state index contributed by atoms with van der Waals surface area (Å²) in [6, 6.07) is 6.15. The van der Waals surface area contributed by atoms with E-state index in [1.54, 1.807) is 7.11 Å². The molecule has 1 aromatic heterocycles. The van der Waals surface area contributed by atoms with Crippen LogP contribution in [0.25, 0.3) is 0 Å². The van der Waals surface area contributed by atoms with Crippen molar-refractivity contribution >= 4 is 5.91 Å². The van der Waals surface area contributed by atoms with Gasteiger partial charge >= 0.3 is 0 Å². The SMILES string of the molecule is CO[C@@H]1CCN(Cc2cccc(C)n2)C[C@H]1CC(=O)N1CCOCC1. The number of rotatable bonds is 5. The number of methoxy groups -OCH3 is 1. The van der Waals surface area contributed by atoms with E-state index in [0.717, 1.165) is 37.4 Å². The first-order valence-corrected chi connectivity index (χ1v) is 9.19. The molecule has 3 heterocycles. The van der Waals surface area contributed by atoms with Crippen LogP contribution >= 0.6 is 0 Å². The summed E-state index contributed by atoms with van der Waals surface area (Å²) in [5.41, 5.74) is 2.14. The number of carbonyl (C=O) groups is 1.